The lowest BCUT2D eigenvalue weighted by Gasteiger charge is -2.26. The summed E-state index contributed by atoms with van der Waals surface area (Å²) in [4.78, 5) is 15.3. The van der Waals surface area contributed by atoms with Crippen LogP contribution in [0.25, 0.3) is 11.1 Å². The summed E-state index contributed by atoms with van der Waals surface area (Å²) in [6.07, 6.45) is 0.937. The molecule has 0 saturated carbocycles. The highest BCUT2D eigenvalue weighted by Crippen LogP contribution is 2.30. The minimum atomic E-state index is -0.149. The molecular formula is C24H24N2O2. The summed E-state index contributed by atoms with van der Waals surface area (Å²) in [5.41, 5.74) is 6.05. The molecule has 1 aliphatic rings. The molecular weight excluding hydrogens is 348 g/mol. The Bertz CT molecular complexity index is 999. The Balaban J connectivity index is 1.62. The van der Waals surface area contributed by atoms with E-state index in [9.17, 15) is 4.79 Å². The fourth-order valence-corrected chi connectivity index (χ4v) is 3.75. The lowest BCUT2D eigenvalue weighted by atomic mass is 9.97. The number of fused-ring (bicyclic) bond motifs is 1. The maximum atomic E-state index is 13.0. The quantitative estimate of drug-likeness (QED) is 0.728. The highest BCUT2D eigenvalue weighted by atomic mass is 16.5. The molecule has 0 radical (unpaired) electrons. The molecule has 0 saturated heterocycles. The van der Waals surface area contributed by atoms with E-state index in [0.29, 0.717) is 11.3 Å². The van der Waals surface area contributed by atoms with Gasteiger partial charge in [0.25, 0.3) is 5.91 Å². The summed E-state index contributed by atoms with van der Waals surface area (Å²) in [7, 11) is 3.72. The fourth-order valence-electron chi connectivity index (χ4n) is 3.75. The van der Waals surface area contributed by atoms with Crippen molar-refractivity contribution in [1.82, 2.24) is 4.90 Å². The molecule has 1 aliphatic heterocycles. The Kier molecular flexibility index (Phi) is 5.13. The predicted octanol–water partition coefficient (Wildman–Crippen LogP) is 4.60. The van der Waals surface area contributed by atoms with E-state index in [1.807, 2.05) is 60.7 Å². The zero-order valence-electron chi connectivity index (χ0n) is 16.2. The molecule has 0 atom stereocenters. The van der Waals surface area contributed by atoms with Crippen LogP contribution in [0.2, 0.25) is 0 Å². The largest absolute Gasteiger partial charge is 0.496 e. The Labute approximate surface area is 165 Å². The number of anilines is 1. The molecule has 3 aromatic carbocycles. The molecule has 4 heteroatoms. The zero-order valence-corrected chi connectivity index (χ0v) is 16.2. The van der Waals surface area contributed by atoms with Crippen LogP contribution in [0.5, 0.6) is 5.75 Å². The second kappa shape index (κ2) is 7.87. The molecule has 0 unspecified atom stereocenters. The van der Waals surface area contributed by atoms with E-state index >= 15 is 0 Å². The Morgan fingerprint density at radius 1 is 1.00 bits per heavy atom. The van der Waals surface area contributed by atoms with Crippen molar-refractivity contribution in [2.24, 2.45) is 0 Å². The first kappa shape index (κ1) is 18.3. The molecule has 28 heavy (non-hydrogen) atoms. The third-order valence-electron chi connectivity index (χ3n) is 5.26. The van der Waals surface area contributed by atoms with Gasteiger partial charge in [0, 0.05) is 18.8 Å². The van der Waals surface area contributed by atoms with Crippen LogP contribution >= 0.6 is 0 Å². The molecule has 0 bridgehead atoms. The number of methoxy groups -OCH3 is 1. The van der Waals surface area contributed by atoms with E-state index in [1.165, 1.54) is 11.1 Å². The topological polar surface area (TPSA) is 41.6 Å². The van der Waals surface area contributed by atoms with Gasteiger partial charge in [0.1, 0.15) is 5.75 Å². The second-order valence-electron chi connectivity index (χ2n) is 7.17. The number of carbonyl (C=O) groups is 1. The molecule has 0 aliphatic carbocycles. The van der Waals surface area contributed by atoms with Gasteiger partial charge >= 0.3 is 0 Å². The molecule has 1 amide bonds. The summed E-state index contributed by atoms with van der Waals surface area (Å²) in [5.74, 6) is 0.423. The van der Waals surface area contributed by atoms with Gasteiger partial charge in [0.05, 0.1) is 12.7 Å². The summed E-state index contributed by atoms with van der Waals surface area (Å²) >= 11 is 0. The Hall–Kier alpha value is -3.11. The highest BCUT2D eigenvalue weighted by molar-refractivity contribution is 6.07. The predicted molar refractivity (Wildman–Crippen MR) is 113 cm³/mol. The second-order valence-corrected chi connectivity index (χ2v) is 7.17. The summed E-state index contributed by atoms with van der Waals surface area (Å²) in [6, 6.07) is 21.9. The minimum Gasteiger partial charge on any atom is -0.496 e. The van der Waals surface area contributed by atoms with Crippen molar-refractivity contribution in [3.8, 4) is 16.9 Å². The van der Waals surface area contributed by atoms with E-state index < -0.39 is 0 Å². The number of hydrogen-bond donors (Lipinski definition) is 1. The Morgan fingerprint density at radius 2 is 1.82 bits per heavy atom. The smallest absolute Gasteiger partial charge is 0.259 e. The minimum absolute atomic E-state index is 0.149. The molecule has 1 heterocycles. The van der Waals surface area contributed by atoms with Gasteiger partial charge in [-0.1, -0.05) is 48.5 Å². The van der Waals surface area contributed by atoms with Gasteiger partial charge in [-0.15, -0.1) is 0 Å². The SMILES string of the molecule is COc1cc(-c2ccccc2)ccc1C(=O)Nc1cccc2c1CCN(C)C2. The monoisotopic (exact) mass is 372 g/mol. The summed E-state index contributed by atoms with van der Waals surface area (Å²) in [5, 5.41) is 3.10. The number of ether oxygens (including phenoxy) is 1. The standard InChI is InChI=1S/C24H24N2O2/c1-26-14-13-20-19(16-26)9-6-10-22(20)25-24(27)21-12-11-18(15-23(21)28-2)17-7-4-3-5-8-17/h3-12,15H,13-14,16H2,1-2H3,(H,25,27). The molecule has 3 aromatic rings. The zero-order chi connectivity index (χ0) is 19.5. The molecule has 4 nitrogen and oxygen atoms in total. The van der Waals surface area contributed by atoms with Crippen molar-refractivity contribution in [3.63, 3.8) is 0 Å². The number of likely N-dealkylation sites (N-methyl/N-ethyl adjacent to an activating group) is 1. The number of hydrogen-bond acceptors (Lipinski definition) is 3. The number of carbonyl (C=O) groups excluding carboxylic acids is 1. The van der Waals surface area contributed by atoms with Crippen molar-refractivity contribution in [1.29, 1.82) is 0 Å². The van der Waals surface area contributed by atoms with E-state index in [1.54, 1.807) is 7.11 Å². The third-order valence-corrected chi connectivity index (χ3v) is 5.26. The van der Waals surface area contributed by atoms with Gasteiger partial charge in [-0.05, 0) is 53.9 Å². The lowest BCUT2D eigenvalue weighted by Crippen LogP contribution is -2.27. The van der Waals surface area contributed by atoms with Crippen LogP contribution in [0.3, 0.4) is 0 Å². The molecule has 0 aromatic heterocycles. The van der Waals surface area contributed by atoms with Crippen molar-refractivity contribution in [2.75, 3.05) is 26.0 Å². The number of benzene rings is 3. The van der Waals surface area contributed by atoms with Crippen LogP contribution in [0.4, 0.5) is 5.69 Å². The van der Waals surface area contributed by atoms with Crippen LogP contribution in [-0.4, -0.2) is 31.5 Å². The maximum Gasteiger partial charge on any atom is 0.259 e. The molecule has 1 N–H and O–H groups in total. The van der Waals surface area contributed by atoms with Gasteiger partial charge in [-0.3, -0.25) is 4.79 Å². The van der Waals surface area contributed by atoms with Crippen LogP contribution in [-0.2, 0) is 13.0 Å². The molecule has 0 spiro atoms. The average molecular weight is 372 g/mol. The van der Waals surface area contributed by atoms with Crippen LogP contribution in [0.1, 0.15) is 21.5 Å². The number of nitrogens with zero attached hydrogens (tertiary/aromatic N) is 1. The van der Waals surface area contributed by atoms with E-state index in [0.717, 1.165) is 36.3 Å². The first-order chi connectivity index (χ1) is 13.7. The van der Waals surface area contributed by atoms with Gasteiger partial charge in [0.15, 0.2) is 0 Å². The normalized spacial score (nSPS) is 13.6. The Morgan fingerprint density at radius 3 is 2.61 bits per heavy atom. The number of rotatable bonds is 4. The summed E-state index contributed by atoms with van der Waals surface area (Å²) in [6.45, 7) is 1.91. The fraction of sp³-hybridized carbons (Fsp3) is 0.208. The highest BCUT2D eigenvalue weighted by Gasteiger charge is 2.19. The van der Waals surface area contributed by atoms with Crippen molar-refractivity contribution in [3.05, 3.63) is 83.4 Å². The van der Waals surface area contributed by atoms with Crippen LogP contribution < -0.4 is 10.1 Å². The third kappa shape index (κ3) is 3.64. The number of amides is 1. The van der Waals surface area contributed by atoms with Crippen LogP contribution in [0, 0.1) is 0 Å². The van der Waals surface area contributed by atoms with E-state index in [4.69, 9.17) is 4.74 Å². The maximum absolute atomic E-state index is 13.0. The first-order valence-corrected chi connectivity index (χ1v) is 9.50. The molecule has 142 valence electrons. The van der Waals surface area contributed by atoms with Crippen LogP contribution in [0.15, 0.2) is 66.7 Å². The van der Waals surface area contributed by atoms with Gasteiger partial charge in [0.2, 0.25) is 0 Å². The van der Waals surface area contributed by atoms with Gasteiger partial charge in [-0.2, -0.15) is 0 Å². The molecule has 4 rings (SSSR count). The van der Waals surface area contributed by atoms with Gasteiger partial charge in [-0.25, -0.2) is 0 Å². The summed E-state index contributed by atoms with van der Waals surface area (Å²) < 4.78 is 5.53. The lowest BCUT2D eigenvalue weighted by molar-refractivity contribution is 0.102. The average Bonchev–Trinajstić information content (AvgIpc) is 2.73. The number of nitrogens with one attached hydrogen (secondary N) is 1. The van der Waals surface area contributed by atoms with Gasteiger partial charge < -0.3 is 15.0 Å². The van der Waals surface area contributed by atoms with E-state index in [-0.39, 0.29) is 5.91 Å². The molecule has 0 fully saturated rings. The van der Waals surface area contributed by atoms with Crippen molar-refractivity contribution >= 4 is 11.6 Å². The van der Waals surface area contributed by atoms with Crippen molar-refractivity contribution < 1.29 is 9.53 Å². The van der Waals surface area contributed by atoms with Crippen molar-refractivity contribution in [2.45, 2.75) is 13.0 Å². The first-order valence-electron chi connectivity index (χ1n) is 9.50. The van der Waals surface area contributed by atoms with E-state index in [2.05, 4.69) is 23.3 Å².